The molecule has 4 nitrogen and oxygen atoms in total. The SMILES string of the molecule is COCCN(CCCl)C(=O)c1ccncc1F. The first-order valence-electron chi connectivity index (χ1n) is 5.14. The van der Waals surface area contributed by atoms with Crippen molar-refractivity contribution in [1.82, 2.24) is 9.88 Å². The Morgan fingerprint density at radius 2 is 2.35 bits per heavy atom. The fourth-order valence-electron chi connectivity index (χ4n) is 1.34. The van der Waals surface area contributed by atoms with E-state index in [1.54, 1.807) is 0 Å². The summed E-state index contributed by atoms with van der Waals surface area (Å²) in [6, 6.07) is 1.35. The third-order valence-electron chi connectivity index (χ3n) is 2.21. The molecule has 0 saturated carbocycles. The second-order valence-corrected chi connectivity index (χ2v) is 3.71. The molecular weight excluding hydrogens is 247 g/mol. The van der Waals surface area contributed by atoms with Crippen molar-refractivity contribution in [3.8, 4) is 0 Å². The average molecular weight is 261 g/mol. The third kappa shape index (κ3) is 3.94. The van der Waals surface area contributed by atoms with Crippen molar-refractivity contribution in [2.24, 2.45) is 0 Å². The summed E-state index contributed by atoms with van der Waals surface area (Å²) in [4.78, 5) is 17.1. The zero-order valence-corrected chi connectivity index (χ0v) is 10.3. The zero-order valence-electron chi connectivity index (χ0n) is 9.53. The molecule has 0 saturated heterocycles. The van der Waals surface area contributed by atoms with Crippen LogP contribution in [0.4, 0.5) is 4.39 Å². The summed E-state index contributed by atoms with van der Waals surface area (Å²) < 4.78 is 18.3. The highest BCUT2D eigenvalue weighted by Gasteiger charge is 2.18. The second kappa shape index (κ2) is 7.19. The molecule has 0 unspecified atom stereocenters. The average Bonchev–Trinajstić information content (AvgIpc) is 2.34. The quantitative estimate of drug-likeness (QED) is 0.729. The highest BCUT2D eigenvalue weighted by Crippen LogP contribution is 2.08. The maximum absolute atomic E-state index is 13.4. The number of methoxy groups -OCH3 is 1. The number of alkyl halides is 1. The van der Waals surface area contributed by atoms with Gasteiger partial charge in [0.05, 0.1) is 18.4 Å². The van der Waals surface area contributed by atoms with Gasteiger partial charge in [-0.15, -0.1) is 11.6 Å². The van der Waals surface area contributed by atoms with Gasteiger partial charge >= 0.3 is 0 Å². The molecule has 0 fully saturated rings. The minimum absolute atomic E-state index is 0.00113. The van der Waals surface area contributed by atoms with E-state index in [1.165, 1.54) is 24.3 Å². The van der Waals surface area contributed by atoms with Gasteiger partial charge in [-0.25, -0.2) is 4.39 Å². The molecular formula is C11H14ClFN2O2. The molecule has 1 aromatic heterocycles. The van der Waals surface area contributed by atoms with E-state index in [-0.39, 0.29) is 5.56 Å². The van der Waals surface area contributed by atoms with Crippen LogP contribution in [0, 0.1) is 5.82 Å². The van der Waals surface area contributed by atoms with E-state index < -0.39 is 11.7 Å². The molecule has 0 aliphatic carbocycles. The molecule has 94 valence electrons. The number of pyridine rings is 1. The molecule has 0 N–H and O–H groups in total. The van der Waals surface area contributed by atoms with Crippen LogP contribution in [0.5, 0.6) is 0 Å². The molecule has 1 rings (SSSR count). The summed E-state index contributed by atoms with van der Waals surface area (Å²) in [5.74, 6) is -0.737. The molecule has 1 amide bonds. The van der Waals surface area contributed by atoms with Crippen molar-refractivity contribution in [1.29, 1.82) is 0 Å². The van der Waals surface area contributed by atoms with Gasteiger partial charge in [0.25, 0.3) is 5.91 Å². The van der Waals surface area contributed by atoms with Crippen molar-refractivity contribution in [3.63, 3.8) is 0 Å². The highest BCUT2D eigenvalue weighted by molar-refractivity contribution is 6.18. The lowest BCUT2D eigenvalue weighted by Gasteiger charge is -2.21. The van der Waals surface area contributed by atoms with E-state index in [0.717, 1.165) is 6.20 Å². The number of carbonyl (C=O) groups is 1. The maximum Gasteiger partial charge on any atom is 0.257 e. The molecule has 1 aromatic rings. The topological polar surface area (TPSA) is 42.4 Å². The lowest BCUT2D eigenvalue weighted by molar-refractivity contribution is 0.0703. The fraction of sp³-hybridized carbons (Fsp3) is 0.455. The number of ether oxygens (including phenoxy) is 1. The Morgan fingerprint density at radius 1 is 1.59 bits per heavy atom. The largest absolute Gasteiger partial charge is 0.383 e. The van der Waals surface area contributed by atoms with Gasteiger partial charge in [0.15, 0.2) is 5.82 Å². The number of aromatic nitrogens is 1. The van der Waals surface area contributed by atoms with Gasteiger partial charge in [0.1, 0.15) is 0 Å². The van der Waals surface area contributed by atoms with Crippen molar-refractivity contribution in [2.45, 2.75) is 0 Å². The Hall–Kier alpha value is -1.20. The van der Waals surface area contributed by atoms with Gasteiger partial charge in [0, 0.05) is 32.3 Å². The monoisotopic (exact) mass is 260 g/mol. The Kier molecular flexibility index (Phi) is 5.86. The molecule has 0 aliphatic heterocycles. The van der Waals surface area contributed by atoms with Crippen LogP contribution in [0.2, 0.25) is 0 Å². The van der Waals surface area contributed by atoms with Crippen LogP contribution in [0.25, 0.3) is 0 Å². The van der Waals surface area contributed by atoms with E-state index >= 15 is 0 Å². The minimum atomic E-state index is -0.630. The summed E-state index contributed by atoms with van der Waals surface area (Å²) in [5, 5.41) is 0. The van der Waals surface area contributed by atoms with E-state index in [1.807, 2.05) is 0 Å². The van der Waals surface area contributed by atoms with Crippen molar-refractivity contribution >= 4 is 17.5 Å². The first-order valence-corrected chi connectivity index (χ1v) is 5.67. The zero-order chi connectivity index (χ0) is 12.7. The Morgan fingerprint density at radius 3 is 2.94 bits per heavy atom. The van der Waals surface area contributed by atoms with Gasteiger partial charge in [-0.05, 0) is 6.07 Å². The van der Waals surface area contributed by atoms with Crippen LogP contribution < -0.4 is 0 Å². The number of nitrogens with zero attached hydrogens (tertiary/aromatic N) is 2. The van der Waals surface area contributed by atoms with E-state index in [2.05, 4.69) is 4.98 Å². The van der Waals surface area contributed by atoms with Crippen LogP contribution in [0.15, 0.2) is 18.5 Å². The van der Waals surface area contributed by atoms with Gasteiger partial charge in [0.2, 0.25) is 0 Å². The molecule has 17 heavy (non-hydrogen) atoms. The smallest absolute Gasteiger partial charge is 0.257 e. The highest BCUT2D eigenvalue weighted by atomic mass is 35.5. The third-order valence-corrected chi connectivity index (χ3v) is 2.38. The van der Waals surface area contributed by atoms with Gasteiger partial charge in [-0.1, -0.05) is 0 Å². The molecule has 1 heterocycles. The standard InChI is InChI=1S/C11H14ClFN2O2/c1-17-7-6-15(5-3-12)11(16)9-2-4-14-8-10(9)13/h2,4,8H,3,5-7H2,1H3. The predicted molar refractivity (Wildman–Crippen MR) is 62.7 cm³/mol. The van der Waals surface area contributed by atoms with Crippen LogP contribution in [-0.2, 0) is 4.74 Å². The molecule has 0 radical (unpaired) electrons. The van der Waals surface area contributed by atoms with Gasteiger partial charge < -0.3 is 9.64 Å². The predicted octanol–water partition coefficient (Wildman–Crippen LogP) is 1.55. The van der Waals surface area contributed by atoms with Crippen LogP contribution in [-0.4, -0.2) is 48.5 Å². The van der Waals surface area contributed by atoms with Crippen LogP contribution >= 0.6 is 11.6 Å². The summed E-state index contributed by atoms with van der Waals surface area (Å²) in [7, 11) is 1.54. The fourth-order valence-corrected chi connectivity index (χ4v) is 1.54. The number of hydrogen-bond acceptors (Lipinski definition) is 3. The summed E-state index contributed by atoms with van der Waals surface area (Å²) in [5.41, 5.74) is 0.00113. The summed E-state index contributed by atoms with van der Waals surface area (Å²) in [6.45, 7) is 1.12. The van der Waals surface area contributed by atoms with Crippen LogP contribution in [0.1, 0.15) is 10.4 Å². The second-order valence-electron chi connectivity index (χ2n) is 3.33. The summed E-state index contributed by atoms with van der Waals surface area (Å²) in [6.07, 6.45) is 2.40. The lowest BCUT2D eigenvalue weighted by Crippen LogP contribution is -2.36. The number of halogens is 2. The normalized spacial score (nSPS) is 10.3. The molecule has 0 bridgehead atoms. The minimum Gasteiger partial charge on any atom is -0.383 e. The van der Waals surface area contributed by atoms with Crippen molar-refractivity contribution < 1.29 is 13.9 Å². The van der Waals surface area contributed by atoms with Gasteiger partial charge in [-0.2, -0.15) is 0 Å². The Bertz CT molecular complexity index is 376. The number of carbonyl (C=O) groups excluding carboxylic acids is 1. The molecule has 0 aliphatic rings. The molecule has 0 spiro atoms. The van der Waals surface area contributed by atoms with E-state index in [0.29, 0.717) is 25.6 Å². The number of amides is 1. The lowest BCUT2D eigenvalue weighted by atomic mass is 10.2. The maximum atomic E-state index is 13.4. The Balaban J connectivity index is 2.80. The number of hydrogen-bond donors (Lipinski definition) is 0. The Labute approximate surface area is 104 Å². The first-order chi connectivity index (χ1) is 8.20. The summed E-state index contributed by atoms with van der Waals surface area (Å²) >= 11 is 5.61. The molecule has 0 aromatic carbocycles. The van der Waals surface area contributed by atoms with Crippen molar-refractivity contribution in [2.75, 3.05) is 32.7 Å². The van der Waals surface area contributed by atoms with Gasteiger partial charge in [-0.3, -0.25) is 9.78 Å². The molecule has 6 heteroatoms. The van der Waals surface area contributed by atoms with E-state index in [4.69, 9.17) is 16.3 Å². The first kappa shape index (κ1) is 13.9. The molecule has 0 atom stereocenters. The van der Waals surface area contributed by atoms with Crippen LogP contribution in [0.3, 0.4) is 0 Å². The van der Waals surface area contributed by atoms with E-state index in [9.17, 15) is 9.18 Å². The number of rotatable bonds is 6. The van der Waals surface area contributed by atoms with Crippen molar-refractivity contribution in [3.05, 3.63) is 29.8 Å².